The van der Waals surface area contributed by atoms with Gasteiger partial charge in [0.2, 0.25) is 0 Å². The summed E-state index contributed by atoms with van der Waals surface area (Å²) in [4.78, 5) is 15.4. The van der Waals surface area contributed by atoms with E-state index in [1.165, 1.54) is 0 Å². The number of fused-ring (bicyclic) bond motifs is 2. The molecule has 0 aromatic heterocycles. The third kappa shape index (κ3) is 2.15. The molecule has 1 aliphatic heterocycles. The van der Waals surface area contributed by atoms with Gasteiger partial charge in [0.25, 0.3) is 0 Å². The Morgan fingerprint density at radius 3 is 2.52 bits per heavy atom. The summed E-state index contributed by atoms with van der Waals surface area (Å²) < 4.78 is 16.6. The number of ether oxygens (including phenoxy) is 3. The summed E-state index contributed by atoms with van der Waals surface area (Å²) in [6, 6.07) is 7.36. The topological polar surface area (TPSA) is 48.0 Å². The summed E-state index contributed by atoms with van der Waals surface area (Å²) in [6.45, 7) is 0.831. The van der Waals surface area contributed by atoms with Gasteiger partial charge in [0, 0.05) is 17.7 Å². The van der Waals surface area contributed by atoms with Gasteiger partial charge >= 0.3 is 0 Å². The van der Waals surface area contributed by atoms with E-state index in [1.807, 2.05) is 31.3 Å². The molecule has 0 fully saturated rings. The van der Waals surface area contributed by atoms with Crippen molar-refractivity contribution in [1.82, 2.24) is 4.90 Å². The second kappa shape index (κ2) is 5.77. The third-order valence-electron chi connectivity index (χ3n) is 5.25. The minimum Gasteiger partial charge on any atom is -0.497 e. The Labute approximate surface area is 147 Å². The average Bonchev–Trinajstić information content (AvgIpc) is 2.65. The number of likely N-dealkylation sites (N-methyl/N-ethyl adjacent to an activating group) is 1. The smallest absolute Gasteiger partial charge is 0.185 e. The predicted molar refractivity (Wildman–Crippen MR) is 94.9 cm³/mol. The van der Waals surface area contributed by atoms with Crippen molar-refractivity contribution >= 4 is 5.78 Å². The first kappa shape index (κ1) is 16.0. The summed E-state index contributed by atoms with van der Waals surface area (Å²) in [5, 5.41) is 0. The molecule has 0 amide bonds. The summed E-state index contributed by atoms with van der Waals surface area (Å²) in [7, 11) is 6.89. The fourth-order valence-electron chi connectivity index (χ4n) is 4.05. The van der Waals surface area contributed by atoms with Crippen molar-refractivity contribution in [2.24, 2.45) is 0 Å². The van der Waals surface area contributed by atoms with Crippen LogP contribution in [0.25, 0.3) is 11.1 Å². The molecule has 1 unspecified atom stereocenters. The van der Waals surface area contributed by atoms with Gasteiger partial charge in [0.1, 0.15) is 5.75 Å². The Bertz CT molecular complexity index is 874. The van der Waals surface area contributed by atoms with Crippen molar-refractivity contribution in [3.8, 4) is 28.4 Å². The summed E-state index contributed by atoms with van der Waals surface area (Å²) in [6.07, 6.45) is 0.883. The van der Waals surface area contributed by atoms with Crippen LogP contribution in [0, 0.1) is 0 Å². The number of ketones is 1. The van der Waals surface area contributed by atoms with Crippen LogP contribution in [0.3, 0.4) is 0 Å². The zero-order chi connectivity index (χ0) is 17.7. The molecule has 2 aromatic carbocycles. The lowest BCUT2D eigenvalue weighted by Gasteiger charge is -2.39. The van der Waals surface area contributed by atoms with Gasteiger partial charge in [-0.05, 0) is 54.4 Å². The maximum absolute atomic E-state index is 13.3. The molecular weight excluding hydrogens is 318 g/mol. The zero-order valence-corrected chi connectivity index (χ0v) is 14.9. The van der Waals surface area contributed by atoms with Crippen molar-refractivity contribution in [2.75, 3.05) is 34.9 Å². The molecule has 0 saturated carbocycles. The molecule has 0 radical (unpaired) electrons. The van der Waals surface area contributed by atoms with Crippen LogP contribution < -0.4 is 14.2 Å². The van der Waals surface area contributed by atoms with E-state index in [1.54, 1.807) is 21.3 Å². The number of carbonyl (C=O) groups excluding carboxylic acids is 1. The van der Waals surface area contributed by atoms with Crippen molar-refractivity contribution < 1.29 is 19.0 Å². The van der Waals surface area contributed by atoms with Gasteiger partial charge in [-0.15, -0.1) is 0 Å². The van der Waals surface area contributed by atoms with Crippen LogP contribution in [0.4, 0.5) is 0 Å². The quantitative estimate of drug-likeness (QED) is 0.860. The van der Waals surface area contributed by atoms with Gasteiger partial charge < -0.3 is 14.2 Å². The van der Waals surface area contributed by atoms with Crippen LogP contribution in [0.15, 0.2) is 24.3 Å². The summed E-state index contributed by atoms with van der Waals surface area (Å²) in [5.74, 6) is 2.17. The first-order chi connectivity index (χ1) is 12.1. The second-order valence-corrected chi connectivity index (χ2v) is 6.47. The highest BCUT2D eigenvalue weighted by Crippen LogP contribution is 2.52. The highest BCUT2D eigenvalue weighted by molar-refractivity contribution is 6.11. The van der Waals surface area contributed by atoms with Gasteiger partial charge in [-0.3, -0.25) is 9.69 Å². The van der Waals surface area contributed by atoms with Gasteiger partial charge in [-0.2, -0.15) is 0 Å². The lowest BCUT2D eigenvalue weighted by molar-refractivity contribution is 0.0835. The van der Waals surface area contributed by atoms with Gasteiger partial charge in [0.05, 0.1) is 27.4 Å². The fraction of sp³-hybridized carbons (Fsp3) is 0.350. The maximum Gasteiger partial charge on any atom is 0.185 e. The minimum absolute atomic E-state index is 0.108. The van der Waals surface area contributed by atoms with Crippen LogP contribution >= 0.6 is 0 Å². The van der Waals surface area contributed by atoms with E-state index in [4.69, 9.17) is 14.2 Å². The molecule has 130 valence electrons. The molecule has 1 aliphatic carbocycles. The molecule has 0 spiro atoms. The van der Waals surface area contributed by atoms with E-state index < -0.39 is 0 Å². The largest absolute Gasteiger partial charge is 0.497 e. The first-order valence-electron chi connectivity index (χ1n) is 8.31. The SMILES string of the molecule is COc1ccc2c(c1)C(=O)C1c3c(cc(OC)c(OC)c3-2)CCN1C. The van der Waals surface area contributed by atoms with E-state index >= 15 is 0 Å². The van der Waals surface area contributed by atoms with Gasteiger partial charge in [0.15, 0.2) is 17.3 Å². The normalized spacial score (nSPS) is 18.4. The van der Waals surface area contributed by atoms with Gasteiger partial charge in [-0.1, -0.05) is 0 Å². The Hall–Kier alpha value is -2.53. The second-order valence-electron chi connectivity index (χ2n) is 6.47. The highest BCUT2D eigenvalue weighted by Gasteiger charge is 2.41. The van der Waals surface area contributed by atoms with Crippen LogP contribution in [0.1, 0.15) is 27.5 Å². The highest BCUT2D eigenvalue weighted by atomic mass is 16.5. The number of methoxy groups -OCH3 is 3. The molecule has 4 rings (SSSR count). The molecule has 0 saturated heterocycles. The summed E-state index contributed by atoms with van der Waals surface area (Å²) in [5.41, 5.74) is 4.72. The van der Waals surface area contributed by atoms with E-state index in [0.717, 1.165) is 35.2 Å². The molecule has 5 heteroatoms. The Balaban J connectivity index is 2.11. The van der Waals surface area contributed by atoms with E-state index in [9.17, 15) is 4.79 Å². The van der Waals surface area contributed by atoms with E-state index in [0.29, 0.717) is 22.8 Å². The molecule has 0 N–H and O–H groups in total. The van der Waals surface area contributed by atoms with Crippen LogP contribution in [-0.4, -0.2) is 45.6 Å². The Morgan fingerprint density at radius 2 is 1.84 bits per heavy atom. The number of hydrogen-bond donors (Lipinski definition) is 0. The predicted octanol–water partition coefficient (Wildman–Crippen LogP) is 3.10. The lowest BCUT2D eigenvalue weighted by Crippen LogP contribution is -2.39. The van der Waals surface area contributed by atoms with E-state index in [-0.39, 0.29) is 11.8 Å². The Morgan fingerprint density at radius 1 is 1.04 bits per heavy atom. The van der Waals surface area contributed by atoms with Crippen LogP contribution in [0.5, 0.6) is 17.2 Å². The first-order valence-corrected chi connectivity index (χ1v) is 8.31. The number of nitrogens with zero attached hydrogens (tertiary/aromatic N) is 1. The van der Waals surface area contributed by atoms with E-state index in [2.05, 4.69) is 4.90 Å². The molecular formula is C20H21NO4. The van der Waals surface area contributed by atoms with Crippen molar-refractivity contribution in [3.63, 3.8) is 0 Å². The number of Topliss-reactive ketones (excluding diaryl/α,β-unsaturated/α-hetero) is 1. The number of hydrogen-bond acceptors (Lipinski definition) is 5. The monoisotopic (exact) mass is 339 g/mol. The average molecular weight is 339 g/mol. The molecule has 2 aromatic rings. The Kier molecular flexibility index (Phi) is 3.69. The van der Waals surface area contributed by atoms with Crippen LogP contribution in [-0.2, 0) is 6.42 Å². The molecule has 1 heterocycles. The van der Waals surface area contributed by atoms with Crippen LogP contribution in [0.2, 0.25) is 0 Å². The molecule has 0 bridgehead atoms. The van der Waals surface area contributed by atoms with Crippen molar-refractivity contribution in [2.45, 2.75) is 12.5 Å². The molecule has 2 aliphatic rings. The standard InChI is InChI=1S/C20H21NO4/c1-21-8-7-11-9-15(24-3)20(25-4)17-13-6-5-12(23-2)10-14(13)19(22)18(21)16(11)17/h5-6,9-10,18H,7-8H2,1-4H3. The van der Waals surface area contributed by atoms with Crippen molar-refractivity contribution in [1.29, 1.82) is 0 Å². The number of benzene rings is 2. The minimum atomic E-state index is -0.293. The third-order valence-corrected chi connectivity index (χ3v) is 5.25. The number of carbonyl (C=O) groups is 1. The molecule has 5 nitrogen and oxygen atoms in total. The number of rotatable bonds is 3. The fourth-order valence-corrected chi connectivity index (χ4v) is 4.05. The molecule has 1 atom stereocenters. The summed E-state index contributed by atoms with van der Waals surface area (Å²) >= 11 is 0. The maximum atomic E-state index is 13.3. The molecule has 25 heavy (non-hydrogen) atoms. The lowest BCUT2D eigenvalue weighted by atomic mass is 9.76. The van der Waals surface area contributed by atoms with Crippen molar-refractivity contribution in [3.05, 3.63) is 41.0 Å². The van der Waals surface area contributed by atoms with Gasteiger partial charge in [-0.25, -0.2) is 0 Å². The zero-order valence-electron chi connectivity index (χ0n) is 14.9.